The van der Waals surface area contributed by atoms with Crippen LogP contribution in [-0.4, -0.2) is 16.8 Å². The Balaban J connectivity index is 1.94. The Hall–Kier alpha value is -2.79. The molecule has 1 heterocycles. The van der Waals surface area contributed by atoms with Crippen LogP contribution in [-0.2, 0) is 4.79 Å². The van der Waals surface area contributed by atoms with E-state index in [0.29, 0.717) is 10.6 Å². The number of fused-ring (bicyclic) bond motifs is 1. The van der Waals surface area contributed by atoms with Gasteiger partial charge in [-0.3, -0.25) is 9.59 Å². The van der Waals surface area contributed by atoms with Gasteiger partial charge in [-0.05, 0) is 24.6 Å². The Morgan fingerprint density at radius 3 is 2.54 bits per heavy atom. The number of H-pyrrole nitrogens is 1. The maximum atomic E-state index is 12.6. The quantitative estimate of drug-likeness (QED) is 0.681. The smallest absolute Gasteiger partial charge is 0.270 e. The Kier molecular flexibility index (Phi) is 4.27. The van der Waals surface area contributed by atoms with E-state index >= 15 is 0 Å². The SMILES string of the molecule is Cc1ccc2[nH]c(C(=O)NC(C(N)=O)c3ccccc3)c(Cl)c2c1. The van der Waals surface area contributed by atoms with Crippen LogP contribution in [0, 0.1) is 6.92 Å². The van der Waals surface area contributed by atoms with E-state index in [1.54, 1.807) is 24.3 Å². The third kappa shape index (κ3) is 2.98. The van der Waals surface area contributed by atoms with Crippen LogP contribution in [0.2, 0.25) is 5.02 Å². The lowest BCUT2D eigenvalue weighted by atomic mass is 10.1. The molecular formula is C18H16ClN3O2. The molecule has 0 aliphatic heterocycles. The van der Waals surface area contributed by atoms with Crippen molar-refractivity contribution >= 4 is 34.3 Å². The first-order chi connectivity index (χ1) is 11.5. The summed E-state index contributed by atoms with van der Waals surface area (Å²) in [6.07, 6.45) is 0. The molecule has 0 bridgehead atoms. The molecule has 1 atom stereocenters. The van der Waals surface area contributed by atoms with Crippen molar-refractivity contribution in [2.24, 2.45) is 5.73 Å². The third-order valence-electron chi connectivity index (χ3n) is 3.81. The van der Waals surface area contributed by atoms with Gasteiger partial charge in [0.2, 0.25) is 5.91 Å². The summed E-state index contributed by atoms with van der Waals surface area (Å²) in [5.41, 5.74) is 8.04. The molecule has 0 saturated carbocycles. The summed E-state index contributed by atoms with van der Waals surface area (Å²) in [6, 6.07) is 13.6. The van der Waals surface area contributed by atoms with Crippen LogP contribution in [0.4, 0.5) is 0 Å². The van der Waals surface area contributed by atoms with Gasteiger partial charge in [-0.25, -0.2) is 0 Å². The average molecular weight is 342 g/mol. The number of halogens is 1. The lowest BCUT2D eigenvalue weighted by molar-refractivity contribution is -0.120. The maximum Gasteiger partial charge on any atom is 0.270 e. The van der Waals surface area contributed by atoms with Crippen LogP contribution in [0.3, 0.4) is 0 Å². The van der Waals surface area contributed by atoms with Gasteiger partial charge < -0.3 is 16.0 Å². The molecular weight excluding hydrogens is 326 g/mol. The summed E-state index contributed by atoms with van der Waals surface area (Å²) in [5, 5.41) is 3.72. The normalized spacial score (nSPS) is 12.1. The molecule has 0 radical (unpaired) electrons. The highest BCUT2D eigenvalue weighted by atomic mass is 35.5. The van der Waals surface area contributed by atoms with E-state index in [4.69, 9.17) is 17.3 Å². The number of nitrogens with two attached hydrogens (primary N) is 1. The van der Waals surface area contributed by atoms with Crippen LogP contribution in [0.5, 0.6) is 0 Å². The second kappa shape index (κ2) is 6.37. The molecule has 2 amide bonds. The first kappa shape index (κ1) is 16.1. The Morgan fingerprint density at radius 2 is 1.88 bits per heavy atom. The molecule has 5 nitrogen and oxygen atoms in total. The van der Waals surface area contributed by atoms with Crippen LogP contribution < -0.4 is 11.1 Å². The van der Waals surface area contributed by atoms with Crippen LogP contribution in [0.15, 0.2) is 48.5 Å². The minimum Gasteiger partial charge on any atom is -0.368 e. The van der Waals surface area contributed by atoms with Crippen LogP contribution in [0.25, 0.3) is 10.9 Å². The number of nitrogens with one attached hydrogen (secondary N) is 2. The monoisotopic (exact) mass is 341 g/mol. The zero-order valence-electron chi connectivity index (χ0n) is 13.0. The van der Waals surface area contributed by atoms with Crippen LogP contribution in [0.1, 0.15) is 27.7 Å². The minimum atomic E-state index is -0.928. The van der Waals surface area contributed by atoms with Gasteiger partial charge in [-0.1, -0.05) is 53.6 Å². The molecule has 0 spiro atoms. The van der Waals surface area contributed by atoms with Crippen molar-refractivity contribution < 1.29 is 9.59 Å². The van der Waals surface area contributed by atoms with E-state index < -0.39 is 17.9 Å². The second-order valence-electron chi connectivity index (χ2n) is 5.58. The van der Waals surface area contributed by atoms with E-state index in [9.17, 15) is 9.59 Å². The van der Waals surface area contributed by atoms with Gasteiger partial charge in [-0.15, -0.1) is 0 Å². The third-order valence-corrected chi connectivity index (χ3v) is 4.20. The van der Waals surface area contributed by atoms with Gasteiger partial charge in [-0.2, -0.15) is 0 Å². The molecule has 24 heavy (non-hydrogen) atoms. The number of rotatable bonds is 4. The number of carbonyl (C=O) groups is 2. The Morgan fingerprint density at radius 1 is 1.17 bits per heavy atom. The van der Waals surface area contributed by atoms with Crippen molar-refractivity contribution in [2.45, 2.75) is 13.0 Å². The number of carbonyl (C=O) groups excluding carboxylic acids is 2. The molecule has 0 aliphatic rings. The topological polar surface area (TPSA) is 88.0 Å². The fourth-order valence-corrected chi connectivity index (χ4v) is 2.89. The van der Waals surface area contributed by atoms with Crippen molar-refractivity contribution in [1.29, 1.82) is 0 Å². The summed E-state index contributed by atoms with van der Waals surface area (Å²) in [7, 11) is 0. The number of aryl methyl sites for hydroxylation is 1. The Bertz CT molecular complexity index is 919. The predicted molar refractivity (Wildman–Crippen MR) is 93.9 cm³/mol. The molecule has 4 N–H and O–H groups in total. The average Bonchev–Trinajstić information content (AvgIpc) is 2.89. The van der Waals surface area contributed by atoms with E-state index in [-0.39, 0.29) is 5.69 Å². The van der Waals surface area contributed by atoms with E-state index in [1.165, 1.54) is 0 Å². The zero-order valence-corrected chi connectivity index (χ0v) is 13.7. The largest absolute Gasteiger partial charge is 0.368 e. The number of hydrogen-bond donors (Lipinski definition) is 3. The summed E-state index contributed by atoms with van der Waals surface area (Å²) in [5.74, 6) is -1.13. The molecule has 122 valence electrons. The molecule has 6 heteroatoms. The number of benzene rings is 2. The highest BCUT2D eigenvalue weighted by Gasteiger charge is 2.23. The standard InChI is InChI=1S/C18H16ClN3O2/c1-10-7-8-13-12(9-10)14(19)16(21-13)18(24)22-15(17(20)23)11-5-3-2-4-6-11/h2-9,15,21H,1H3,(H2,20,23)(H,22,24). The molecule has 2 aromatic carbocycles. The van der Waals surface area contributed by atoms with Gasteiger partial charge >= 0.3 is 0 Å². The summed E-state index contributed by atoms with van der Waals surface area (Å²) < 4.78 is 0. The van der Waals surface area contributed by atoms with Crippen molar-refractivity contribution in [1.82, 2.24) is 10.3 Å². The molecule has 1 aromatic heterocycles. The van der Waals surface area contributed by atoms with Gasteiger partial charge in [0.05, 0.1) is 5.02 Å². The van der Waals surface area contributed by atoms with Crippen molar-refractivity contribution in [3.05, 3.63) is 70.4 Å². The molecule has 3 aromatic rings. The lowest BCUT2D eigenvalue weighted by Gasteiger charge is -2.15. The zero-order chi connectivity index (χ0) is 17.3. The highest BCUT2D eigenvalue weighted by molar-refractivity contribution is 6.38. The fourth-order valence-electron chi connectivity index (χ4n) is 2.60. The summed E-state index contributed by atoms with van der Waals surface area (Å²) in [4.78, 5) is 27.3. The van der Waals surface area contributed by atoms with Gasteiger partial charge in [0, 0.05) is 10.9 Å². The molecule has 3 rings (SSSR count). The predicted octanol–water partition coefficient (Wildman–Crippen LogP) is 3.09. The summed E-state index contributed by atoms with van der Waals surface area (Å²) in [6.45, 7) is 1.95. The number of hydrogen-bond acceptors (Lipinski definition) is 2. The summed E-state index contributed by atoms with van der Waals surface area (Å²) >= 11 is 6.32. The van der Waals surface area contributed by atoms with Crippen molar-refractivity contribution in [2.75, 3.05) is 0 Å². The van der Waals surface area contributed by atoms with Crippen molar-refractivity contribution in [3.63, 3.8) is 0 Å². The van der Waals surface area contributed by atoms with E-state index in [1.807, 2.05) is 31.2 Å². The van der Waals surface area contributed by atoms with Crippen LogP contribution >= 0.6 is 11.6 Å². The molecule has 1 unspecified atom stereocenters. The Labute approximate surface area is 143 Å². The molecule has 0 saturated heterocycles. The number of aromatic nitrogens is 1. The number of primary amides is 1. The first-order valence-corrected chi connectivity index (χ1v) is 7.78. The van der Waals surface area contributed by atoms with Crippen molar-refractivity contribution in [3.8, 4) is 0 Å². The highest BCUT2D eigenvalue weighted by Crippen LogP contribution is 2.28. The minimum absolute atomic E-state index is 0.208. The first-order valence-electron chi connectivity index (χ1n) is 7.40. The fraction of sp³-hybridized carbons (Fsp3) is 0.111. The van der Waals surface area contributed by atoms with Gasteiger partial charge in [0.25, 0.3) is 5.91 Å². The number of aromatic amines is 1. The van der Waals surface area contributed by atoms with Gasteiger partial charge in [0.1, 0.15) is 11.7 Å². The number of amides is 2. The van der Waals surface area contributed by atoms with Gasteiger partial charge in [0.15, 0.2) is 0 Å². The molecule has 0 aliphatic carbocycles. The maximum absolute atomic E-state index is 12.6. The second-order valence-corrected chi connectivity index (χ2v) is 5.96. The molecule has 0 fully saturated rings. The van der Waals surface area contributed by atoms with E-state index in [0.717, 1.165) is 16.5 Å². The lowest BCUT2D eigenvalue weighted by Crippen LogP contribution is -2.37. The van der Waals surface area contributed by atoms with E-state index in [2.05, 4.69) is 10.3 Å².